The average molecular weight is 560 g/mol. The Morgan fingerprint density at radius 3 is 2.34 bits per heavy atom. The third-order valence-electron chi connectivity index (χ3n) is 8.16. The molecule has 3 N–H and O–H groups in total. The molecule has 0 spiro atoms. The highest BCUT2D eigenvalue weighted by Gasteiger charge is 2.28. The molecule has 41 heavy (non-hydrogen) atoms. The van der Waals surface area contributed by atoms with E-state index < -0.39 is 0 Å². The molecule has 2 fully saturated rings. The van der Waals surface area contributed by atoms with E-state index in [0.29, 0.717) is 43.9 Å². The summed E-state index contributed by atoms with van der Waals surface area (Å²) in [7, 11) is 0. The molecule has 0 radical (unpaired) electrons. The fourth-order valence-electron chi connectivity index (χ4n) is 5.54. The number of amides is 1. The van der Waals surface area contributed by atoms with Crippen LogP contribution in [0.3, 0.4) is 0 Å². The number of piperazine rings is 1. The lowest BCUT2D eigenvalue weighted by molar-refractivity contribution is -0.132. The van der Waals surface area contributed by atoms with Crippen molar-refractivity contribution in [3.05, 3.63) is 59.2 Å². The van der Waals surface area contributed by atoms with Crippen molar-refractivity contribution in [1.29, 1.82) is 5.41 Å². The van der Waals surface area contributed by atoms with Crippen LogP contribution < -0.4 is 10.6 Å². The molecule has 3 aliphatic heterocycles. The Labute approximate surface area is 242 Å². The van der Waals surface area contributed by atoms with Gasteiger partial charge in [-0.15, -0.1) is 0 Å². The van der Waals surface area contributed by atoms with E-state index in [1.54, 1.807) is 12.4 Å². The molecule has 1 aromatic carbocycles. The van der Waals surface area contributed by atoms with Crippen molar-refractivity contribution in [3.63, 3.8) is 0 Å². The van der Waals surface area contributed by atoms with Crippen LogP contribution in [-0.2, 0) is 16.0 Å². The number of aryl methyl sites for hydroxylation is 1. The number of hydrogen-bond acceptors (Lipinski definition) is 9. The maximum absolute atomic E-state index is 12.8. The molecule has 0 aliphatic carbocycles. The molecule has 0 bridgehead atoms. The molecule has 2 aromatic rings. The number of carbonyl (C=O) groups excluding carboxylic acids is 1. The summed E-state index contributed by atoms with van der Waals surface area (Å²) in [6.45, 7) is 12.4. The maximum Gasteiger partial charge on any atom is 0.222 e. The molecule has 0 saturated carbocycles. The van der Waals surface area contributed by atoms with Gasteiger partial charge < -0.3 is 30.1 Å². The smallest absolute Gasteiger partial charge is 0.222 e. The lowest BCUT2D eigenvalue weighted by Gasteiger charge is -2.34. The zero-order chi connectivity index (χ0) is 28.8. The second-order valence-electron chi connectivity index (χ2n) is 10.6. The van der Waals surface area contributed by atoms with Crippen molar-refractivity contribution in [2.75, 3.05) is 76.2 Å². The molecule has 1 amide bonds. The molecule has 4 heterocycles. The standard InChI is InChI=1S/C30H41N9O2/c1-3-36-12-14-38(15-13-36)27(40)9-6-23-4-7-25(8-5-23)39-11-10-26(28(31)24-20-33-30(32)34-21-24)29(39)35-22(2)37-16-18-41-19-17-37/h4-5,7-8,20-21,31H,3,6,9-19H2,1-2H3,(H2,32,33,34). The predicted molar refractivity (Wildman–Crippen MR) is 161 cm³/mol. The monoisotopic (exact) mass is 559 g/mol. The number of ether oxygens (including phenoxy) is 1. The number of rotatable bonds is 8. The summed E-state index contributed by atoms with van der Waals surface area (Å²) in [6.07, 6.45) is 5.11. The van der Waals surface area contributed by atoms with Gasteiger partial charge in [0.2, 0.25) is 11.9 Å². The van der Waals surface area contributed by atoms with Crippen molar-refractivity contribution in [3.8, 4) is 0 Å². The first-order valence-corrected chi connectivity index (χ1v) is 14.6. The van der Waals surface area contributed by atoms with Gasteiger partial charge in [-0.05, 0) is 44.0 Å². The van der Waals surface area contributed by atoms with Crippen LogP contribution in [0.25, 0.3) is 0 Å². The number of aromatic nitrogens is 2. The molecule has 5 rings (SSSR count). The summed E-state index contributed by atoms with van der Waals surface area (Å²) in [6, 6.07) is 8.40. The number of nitrogens with zero attached hydrogens (tertiary/aromatic N) is 7. The molecule has 0 atom stereocenters. The number of nitrogens with two attached hydrogens (primary N) is 1. The van der Waals surface area contributed by atoms with Crippen LogP contribution >= 0.6 is 0 Å². The van der Waals surface area contributed by atoms with Gasteiger partial charge in [-0.2, -0.15) is 0 Å². The molecule has 3 aliphatic rings. The molecule has 218 valence electrons. The topological polar surface area (TPSA) is 127 Å². The minimum Gasteiger partial charge on any atom is -0.378 e. The van der Waals surface area contributed by atoms with Gasteiger partial charge in [-0.25, -0.2) is 15.0 Å². The summed E-state index contributed by atoms with van der Waals surface area (Å²) in [4.78, 5) is 34.8. The predicted octanol–water partition coefficient (Wildman–Crippen LogP) is 2.40. The van der Waals surface area contributed by atoms with Gasteiger partial charge >= 0.3 is 0 Å². The van der Waals surface area contributed by atoms with Crippen LogP contribution in [0.2, 0.25) is 0 Å². The summed E-state index contributed by atoms with van der Waals surface area (Å²) in [5.74, 6) is 2.09. The highest BCUT2D eigenvalue weighted by atomic mass is 16.5. The largest absolute Gasteiger partial charge is 0.378 e. The molecule has 11 nitrogen and oxygen atoms in total. The first kappa shape index (κ1) is 28.7. The van der Waals surface area contributed by atoms with Crippen LogP contribution in [0, 0.1) is 5.41 Å². The van der Waals surface area contributed by atoms with E-state index in [1.807, 2.05) is 11.8 Å². The Morgan fingerprint density at radius 1 is 1.00 bits per heavy atom. The van der Waals surface area contributed by atoms with Gasteiger partial charge in [0, 0.05) is 81.5 Å². The van der Waals surface area contributed by atoms with Crippen LogP contribution in [0.1, 0.15) is 37.8 Å². The molecule has 11 heteroatoms. The second kappa shape index (κ2) is 13.2. The number of anilines is 2. The molecule has 1 aromatic heterocycles. The Balaban J connectivity index is 1.32. The molecule has 0 unspecified atom stereocenters. The quantitative estimate of drug-likeness (QED) is 0.373. The number of nitrogen functional groups attached to an aromatic ring is 1. The third kappa shape index (κ3) is 6.91. The van der Waals surface area contributed by atoms with E-state index in [2.05, 4.69) is 55.9 Å². The van der Waals surface area contributed by atoms with Crippen LogP contribution in [0.5, 0.6) is 0 Å². The van der Waals surface area contributed by atoms with Gasteiger partial charge in [0.25, 0.3) is 0 Å². The minimum atomic E-state index is 0.186. The van der Waals surface area contributed by atoms with Gasteiger partial charge in [-0.3, -0.25) is 10.2 Å². The zero-order valence-corrected chi connectivity index (χ0v) is 24.2. The third-order valence-corrected chi connectivity index (χ3v) is 8.16. The Morgan fingerprint density at radius 2 is 1.68 bits per heavy atom. The van der Waals surface area contributed by atoms with Gasteiger partial charge in [0.15, 0.2) is 0 Å². The van der Waals surface area contributed by atoms with Gasteiger partial charge in [0.1, 0.15) is 11.7 Å². The molecule has 2 saturated heterocycles. The number of morpholine rings is 1. The first-order valence-electron chi connectivity index (χ1n) is 14.6. The summed E-state index contributed by atoms with van der Waals surface area (Å²) in [5, 5.41) is 8.96. The maximum atomic E-state index is 12.8. The first-order chi connectivity index (χ1) is 19.9. The number of aliphatic imine (C=N–C) groups is 1. The van der Waals surface area contributed by atoms with E-state index in [0.717, 1.165) is 80.7 Å². The fraction of sp³-hybridized carbons (Fsp3) is 0.500. The Hall–Kier alpha value is -3.83. The summed E-state index contributed by atoms with van der Waals surface area (Å²) in [5.41, 5.74) is 9.65. The normalized spacial score (nSPS) is 18.8. The number of hydrogen-bond donors (Lipinski definition) is 2. The van der Waals surface area contributed by atoms with Crippen LogP contribution in [0.4, 0.5) is 11.6 Å². The van der Waals surface area contributed by atoms with Crippen LogP contribution in [0.15, 0.2) is 53.0 Å². The fourth-order valence-corrected chi connectivity index (χ4v) is 5.54. The van der Waals surface area contributed by atoms with E-state index in [-0.39, 0.29) is 11.9 Å². The Bertz CT molecular complexity index is 1280. The molecular formula is C30H41N9O2. The number of carbonyl (C=O) groups is 1. The SMILES string of the molecule is CCN1CCN(C(=O)CCc2ccc(N3CCC(C(=N)c4cnc(N)nc4)=C3N=C(C)N3CCOCC3)cc2)CC1. The van der Waals surface area contributed by atoms with Gasteiger partial charge in [0.05, 0.1) is 18.9 Å². The van der Waals surface area contributed by atoms with Crippen molar-refractivity contribution < 1.29 is 9.53 Å². The van der Waals surface area contributed by atoms with Crippen molar-refractivity contribution in [1.82, 2.24) is 24.7 Å². The number of likely N-dealkylation sites (N-methyl/N-ethyl adjacent to an activating group) is 1. The van der Waals surface area contributed by atoms with Crippen LogP contribution in [-0.4, -0.2) is 108 Å². The highest BCUT2D eigenvalue weighted by molar-refractivity contribution is 6.11. The van der Waals surface area contributed by atoms with E-state index in [1.165, 1.54) is 0 Å². The van der Waals surface area contributed by atoms with Crippen molar-refractivity contribution in [2.24, 2.45) is 4.99 Å². The Kier molecular flexibility index (Phi) is 9.25. The van der Waals surface area contributed by atoms with E-state index in [4.69, 9.17) is 20.9 Å². The average Bonchev–Trinajstić information content (AvgIpc) is 3.43. The highest BCUT2D eigenvalue weighted by Crippen LogP contribution is 2.32. The number of nitrogens with one attached hydrogen (secondary N) is 1. The number of amidine groups is 1. The number of benzene rings is 1. The lowest BCUT2D eigenvalue weighted by Crippen LogP contribution is -2.48. The minimum absolute atomic E-state index is 0.186. The molecular weight excluding hydrogens is 518 g/mol. The zero-order valence-electron chi connectivity index (χ0n) is 24.2. The lowest BCUT2D eigenvalue weighted by atomic mass is 10.0. The van der Waals surface area contributed by atoms with Gasteiger partial charge in [-0.1, -0.05) is 19.1 Å². The van der Waals surface area contributed by atoms with Crippen molar-refractivity contribution in [2.45, 2.75) is 33.1 Å². The van der Waals surface area contributed by atoms with E-state index >= 15 is 0 Å². The second-order valence-corrected chi connectivity index (χ2v) is 10.6. The summed E-state index contributed by atoms with van der Waals surface area (Å²) < 4.78 is 5.52. The van der Waals surface area contributed by atoms with E-state index in [9.17, 15) is 4.79 Å². The van der Waals surface area contributed by atoms with Crippen molar-refractivity contribution >= 4 is 29.1 Å². The summed E-state index contributed by atoms with van der Waals surface area (Å²) >= 11 is 0.